The van der Waals surface area contributed by atoms with E-state index in [9.17, 15) is 10.2 Å². The minimum atomic E-state index is -0.703. The Kier molecular flexibility index (Phi) is 3.94. The van der Waals surface area contributed by atoms with E-state index in [0.717, 1.165) is 11.1 Å². The number of ether oxygens (including phenoxy) is 1. The molecule has 15 heavy (non-hydrogen) atoms. The quantitative estimate of drug-likeness (QED) is 0.685. The number of hydrogen-bond donors (Lipinski definition) is 3. The third-order valence-corrected chi connectivity index (χ3v) is 2.28. The molecule has 1 atom stereocenters. The second kappa shape index (κ2) is 5.00. The topological polar surface area (TPSA) is 75.7 Å². The number of aliphatic hydroxyl groups is 1. The molecule has 0 spiro atoms. The SMILES string of the molecule is Cc1cc(O)c(OCC(O)CN)cc1C. The first-order valence-corrected chi connectivity index (χ1v) is 4.85. The number of hydrogen-bond acceptors (Lipinski definition) is 4. The van der Waals surface area contributed by atoms with E-state index in [2.05, 4.69) is 0 Å². The van der Waals surface area contributed by atoms with E-state index < -0.39 is 6.10 Å². The van der Waals surface area contributed by atoms with E-state index in [1.807, 2.05) is 13.8 Å². The van der Waals surface area contributed by atoms with Gasteiger partial charge in [0.25, 0.3) is 0 Å². The minimum absolute atomic E-state index is 0.0855. The Balaban J connectivity index is 2.73. The molecule has 0 radical (unpaired) electrons. The van der Waals surface area contributed by atoms with E-state index in [-0.39, 0.29) is 18.9 Å². The molecule has 1 rings (SSSR count). The van der Waals surface area contributed by atoms with Crippen LogP contribution in [0.15, 0.2) is 12.1 Å². The molecule has 0 aromatic heterocycles. The summed E-state index contributed by atoms with van der Waals surface area (Å²) in [6.45, 7) is 4.08. The smallest absolute Gasteiger partial charge is 0.161 e. The molecule has 0 aliphatic rings. The van der Waals surface area contributed by atoms with Gasteiger partial charge in [0.15, 0.2) is 11.5 Å². The zero-order valence-electron chi connectivity index (χ0n) is 9.03. The Bertz CT molecular complexity index is 339. The fraction of sp³-hybridized carbons (Fsp3) is 0.455. The predicted octanol–water partition coefficient (Wildman–Crippen LogP) is 0.707. The molecule has 1 aromatic carbocycles. The van der Waals surface area contributed by atoms with Crippen LogP contribution in [-0.2, 0) is 0 Å². The molecule has 84 valence electrons. The molecule has 0 aliphatic carbocycles. The lowest BCUT2D eigenvalue weighted by Gasteiger charge is -2.12. The number of benzene rings is 1. The highest BCUT2D eigenvalue weighted by molar-refractivity contribution is 5.45. The van der Waals surface area contributed by atoms with E-state index in [1.54, 1.807) is 12.1 Å². The van der Waals surface area contributed by atoms with Gasteiger partial charge in [-0.25, -0.2) is 0 Å². The highest BCUT2D eigenvalue weighted by Gasteiger charge is 2.07. The zero-order valence-corrected chi connectivity index (χ0v) is 9.03. The fourth-order valence-corrected chi connectivity index (χ4v) is 1.14. The van der Waals surface area contributed by atoms with Gasteiger partial charge in [-0.2, -0.15) is 0 Å². The summed E-state index contributed by atoms with van der Waals surface area (Å²) in [6, 6.07) is 3.38. The summed E-state index contributed by atoms with van der Waals surface area (Å²) >= 11 is 0. The van der Waals surface area contributed by atoms with Crippen molar-refractivity contribution in [2.24, 2.45) is 5.73 Å². The molecule has 4 nitrogen and oxygen atoms in total. The second-order valence-corrected chi connectivity index (χ2v) is 3.60. The van der Waals surface area contributed by atoms with Crippen molar-refractivity contribution >= 4 is 0 Å². The van der Waals surface area contributed by atoms with Gasteiger partial charge in [-0.15, -0.1) is 0 Å². The third kappa shape index (κ3) is 3.11. The molecular formula is C11H17NO3. The van der Waals surface area contributed by atoms with E-state index in [1.165, 1.54) is 0 Å². The summed E-state index contributed by atoms with van der Waals surface area (Å²) in [7, 11) is 0. The van der Waals surface area contributed by atoms with Gasteiger partial charge in [0, 0.05) is 6.54 Å². The lowest BCUT2D eigenvalue weighted by Crippen LogP contribution is -2.26. The second-order valence-electron chi connectivity index (χ2n) is 3.60. The van der Waals surface area contributed by atoms with Crippen molar-refractivity contribution in [3.05, 3.63) is 23.3 Å². The minimum Gasteiger partial charge on any atom is -0.504 e. The van der Waals surface area contributed by atoms with Crippen LogP contribution in [0.2, 0.25) is 0 Å². The molecule has 0 aliphatic heterocycles. The van der Waals surface area contributed by atoms with Crippen molar-refractivity contribution in [3.63, 3.8) is 0 Å². The number of rotatable bonds is 4. The number of phenols is 1. The van der Waals surface area contributed by atoms with Gasteiger partial charge in [0.05, 0.1) is 0 Å². The average molecular weight is 211 g/mol. The molecule has 0 saturated heterocycles. The molecule has 0 heterocycles. The van der Waals surface area contributed by atoms with Crippen LogP contribution in [-0.4, -0.2) is 29.5 Å². The molecule has 0 fully saturated rings. The Morgan fingerprint density at radius 3 is 2.53 bits per heavy atom. The largest absolute Gasteiger partial charge is 0.504 e. The van der Waals surface area contributed by atoms with Crippen LogP contribution in [0.3, 0.4) is 0 Å². The van der Waals surface area contributed by atoms with Crippen molar-refractivity contribution in [2.45, 2.75) is 20.0 Å². The molecule has 0 saturated carbocycles. The number of aryl methyl sites for hydroxylation is 2. The van der Waals surface area contributed by atoms with E-state index in [0.29, 0.717) is 5.75 Å². The summed E-state index contributed by atoms with van der Waals surface area (Å²) in [5.41, 5.74) is 7.27. The lowest BCUT2D eigenvalue weighted by molar-refractivity contribution is 0.112. The highest BCUT2D eigenvalue weighted by Crippen LogP contribution is 2.29. The maximum atomic E-state index is 9.56. The van der Waals surface area contributed by atoms with Gasteiger partial charge in [0.2, 0.25) is 0 Å². The predicted molar refractivity (Wildman–Crippen MR) is 58.1 cm³/mol. The third-order valence-electron chi connectivity index (χ3n) is 2.28. The summed E-state index contributed by atoms with van der Waals surface area (Å²) in [5, 5.41) is 18.8. The number of nitrogens with two attached hydrogens (primary N) is 1. The number of phenolic OH excluding ortho intramolecular Hbond substituents is 1. The van der Waals surface area contributed by atoms with Crippen molar-refractivity contribution in [2.75, 3.05) is 13.2 Å². The van der Waals surface area contributed by atoms with Crippen LogP contribution in [0.25, 0.3) is 0 Å². The van der Waals surface area contributed by atoms with Gasteiger partial charge in [-0.3, -0.25) is 0 Å². The first-order valence-electron chi connectivity index (χ1n) is 4.85. The van der Waals surface area contributed by atoms with E-state index in [4.69, 9.17) is 10.5 Å². The summed E-state index contributed by atoms with van der Waals surface area (Å²) in [5.74, 6) is 0.466. The molecule has 4 heteroatoms. The summed E-state index contributed by atoms with van der Waals surface area (Å²) in [6.07, 6.45) is -0.703. The van der Waals surface area contributed by atoms with E-state index >= 15 is 0 Å². The Morgan fingerprint density at radius 2 is 1.93 bits per heavy atom. The maximum Gasteiger partial charge on any atom is 0.161 e. The highest BCUT2D eigenvalue weighted by atomic mass is 16.5. The van der Waals surface area contributed by atoms with Crippen molar-refractivity contribution in [1.29, 1.82) is 0 Å². The van der Waals surface area contributed by atoms with Crippen molar-refractivity contribution in [1.82, 2.24) is 0 Å². The van der Waals surface area contributed by atoms with Crippen LogP contribution in [0.4, 0.5) is 0 Å². The monoisotopic (exact) mass is 211 g/mol. The van der Waals surface area contributed by atoms with Gasteiger partial charge in [-0.05, 0) is 37.1 Å². The molecule has 1 unspecified atom stereocenters. The fourth-order valence-electron chi connectivity index (χ4n) is 1.14. The first-order chi connectivity index (χ1) is 7.04. The standard InChI is InChI=1S/C11H17NO3/c1-7-3-10(14)11(4-8(7)2)15-6-9(13)5-12/h3-4,9,13-14H,5-6,12H2,1-2H3. The number of aromatic hydroxyl groups is 1. The van der Waals surface area contributed by atoms with Crippen LogP contribution in [0, 0.1) is 13.8 Å². The summed E-state index contributed by atoms with van der Waals surface area (Å²) < 4.78 is 5.25. The Hall–Kier alpha value is -1.26. The van der Waals surface area contributed by atoms with Gasteiger partial charge in [0.1, 0.15) is 12.7 Å². The van der Waals surface area contributed by atoms with Crippen molar-refractivity contribution in [3.8, 4) is 11.5 Å². The molecule has 1 aromatic rings. The van der Waals surface area contributed by atoms with Gasteiger partial charge < -0.3 is 20.7 Å². The first kappa shape index (κ1) is 11.8. The molecular weight excluding hydrogens is 194 g/mol. The summed E-state index contributed by atoms with van der Waals surface area (Å²) in [4.78, 5) is 0. The van der Waals surface area contributed by atoms with Crippen molar-refractivity contribution < 1.29 is 14.9 Å². The van der Waals surface area contributed by atoms with Crippen LogP contribution in [0.1, 0.15) is 11.1 Å². The molecule has 0 bridgehead atoms. The average Bonchev–Trinajstić information content (AvgIpc) is 2.21. The zero-order chi connectivity index (χ0) is 11.4. The maximum absolute atomic E-state index is 9.56. The molecule has 0 amide bonds. The van der Waals surface area contributed by atoms with Gasteiger partial charge in [-0.1, -0.05) is 0 Å². The Morgan fingerprint density at radius 1 is 1.33 bits per heavy atom. The number of aliphatic hydroxyl groups excluding tert-OH is 1. The lowest BCUT2D eigenvalue weighted by atomic mass is 10.1. The van der Waals surface area contributed by atoms with Gasteiger partial charge >= 0.3 is 0 Å². The Labute approximate surface area is 89.3 Å². The van der Waals surface area contributed by atoms with Crippen LogP contribution in [0.5, 0.6) is 11.5 Å². The van der Waals surface area contributed by atoms with Crippen LogP contribution >= 0.6 is 0 Å². The normalized spacial score (nSPS) is 12.5. The van der Waals surface area contributed by atoms with Crippen LogP contribution < -0.4 is 10.5 Å². The molecule has 4 N–H and O–H groups in total.